The van der Waals surface area contributed by atoms with Crippen molar-refractivity contribution >= 4 is 5.78 Å². The maximum Gasteiger partial charge on any atom is 0.141 e. The SMILES string of the molecule is Cc1ccc(CC(=O)Cc2ccc(C(C)C)cc2)cc1C. The Kier molecular flexibility index (Phi) is 4.95. The molecule has 0 aliphatic rings. The Morgan fingerprint density at radius 1 is 0.857 bits per heavy atom. The molecule has 0 saturated carbocycles. The maximum absolute atomic E-state index is 12.2. The summed E-state index contributed by atoms with van der Waals surface area (Å²) in [6.45, 7) is 8.55. The summed E-state index contributed by atoms with van der Waals surface area (Å²) in [6, 6.07) is 14.7. The summed E-state index contributed by atoms with van der Waals surface area (Å²) in [4.78, 5) is 12.2. The zero-order valence-electron chi connectivity index (χ0n) is 13.4. The molecule has 0 aromatic heterocycles. The van der Waals surface area contributed by atoms with Gasteiger partial charge in [-0.05, 0) is 47.6 Å². The lowest BCUT2D eigenvalue weighted by molar-refractivity contribution is -0.117. The zero-order chi connectivity index (χ0) is 15.4. The highest BCUT2D eigenvalue weighted by molar-refractivity contribution is 5.83. The predicted molar refractivity (Wildman–Crippen MR) is 88.9 cm³/mol. The third-order valence-corrected chi connectivity index (χ3v) is 4.02. The number of benzene rings is 2. The van der Waals surface area contributed by atoms with E-state index in [0.29, 0.717) is 18.8 Å². The van der Waals surface area contributed by atoms with Gasteiger partial charge in [-0.1, -0.05) is 56.3 Å². The van der Waals surface area contributed by atoms with Gasteiger partial charge in [0.25, 0.3) is 0 Å². The Bertz CT molecular complexity index is 621. The minimum atomic E-state index is 0.274. The lowest BCUT2D eigenvalue weighted by Gasteiger charge is -2.07. The molecule has 2 aromatic rings. The summed E-state index contributed by atoms with van der Waals surface area (Å²) in [6.07, 6.45) is 1.04. The number of hydrogen-bond donors (Lipinski definition) is 0. The van der Waals surface area contributed by atoms with Crippen LogP contribution in [0.3, 0.4) is 0 Å². The molecular formula is C20H24O. The summed E-state index contributed by atoms with van der Waals surface area (Å²) in [5, 5.41) is 0. The monoisotopic (exact) mass is 280 g/mol. The van der Waals surface area contributed by atoms with E-state index >= 15 is 0 Å². The first-order valence-corrected chi connectivity index (χ1v) is 7.62. The van der Waals surface area contributed by atoms with E-state index < -0.39 is 0 Å². The fourth-order valence-electron chi connectivity index (χ4n) is 2.45. The molecule has 0 aliphatic carbocycles. The van der Waals surface area contributed by atoms with Gasteiger partial charge in [0.2, 0.25) is 0 Å². The van der Waals surface area contributed by atoms with Gasteiger partial charge in [-0.2, -0.15) is 0 Å². The van der Waals surface area contributed by atoms with Crippen LogP contribution < -0.4 is 0 Å². The molecule has 1 nitrogen and oxygen atoms in total. The van der Waals surface area contributed by atoms with Crippen LogP contribution in [0.2, 0.25) is 0 Å². The van der Waals surface area contributed by atoms with Crippen LogP contribution in [0.5, 0.6) is 0 Å². The van der Waals surface area contributed by atoms with Crippen molar-refractivity contribution < 1.29 is 4.79 Å². The van der Waals surface area contributed by atoms with Crippen molar-refractivity contribution in [1.82, 2.24) is 0 Å². The highest BCUT2D eigenvalue weighted by Crippen LogP contribution is 2.16. The Labute approximate surface area is 128 Å². The molecule has 2 rings (SSSR count). The minimum Gasteiger partial charge on any atom is -0.299 e. The highest BCUT2D eigenvalue weighted by atomic mass is 16.1. The van der Waals surface area contributed by atoms with Gasteiger partial charge in [0, 0.05) is 12.8 Å². The number of rotatable bonds is 5. The van der Waals surface area contributed by atoms with Crippen LogP contribution in [0.4, 0.5) is 0 Å². The molecule has 0 aliphatic heterocycles. The van der Waals surface area contributed by atoms with Gasteiger partial charge in [0.1, 0.15) is 5.78 Å². The quantitative estimate of drug-likeness (QED) is 0.770. The van der Waals surface area contributed by atoms with Crippen molar-refractivity contribution in [3.05, 3.63) is 70.3 Å². The standard InChI is InChI=1S/C20H24O/c1-14(2)19-9-7-17(8-10-19)12-20(21)13-18-6-5-15(3)16(4)11-18/h5-11,14H,12-13H2,1-4H3. The average molecular weight is 280 g/mol. The van der Waals surface area contributed by atoms with E-state index in [4.69, 9.17) is 0 Å². The van der Waals surface area contributed by atoms with Gasteiger partial charge in [0.05, 0.1) is 0 Å². The van der Waals surface area contributed by atoms with Crippen molar-refractivity contribution in [1.29, 1.82) is 0 Å². The summed E-state index contributed by atoms with van der Waals surface area (Å²) in [7, 11) is 0. The molecule has 0 fully saturated rings. The number of Topliss-reactive ketones (excluding diaryl/α,β-unsaturated/α-hetero) is 1. The first-order valence-electron chi connectivity index (χ1n) is 7.62. The van der Waals surface area contributed by atoms with Crippen LogP contribution in [0.25, 0.3) is 0 Å². The number of carbonyl (C=O) groups is 1. The summed E-state index contributed by atoms with van der Waals surface area (Å²) < 4.78 is 0. The van der Waals surface area contributed by atoms with Crippen LogP contribution >= 0.6 is 0 Å². The molecule has 0 N–H and O–H groups in total. The predicted octanol–water partition coefficient (Wildman–Crippen LogP) is 4.78. The Hall–Kier alpha value is -1.89. The highest BCUT2D eigenvalue weighted by Gasteiger charge is 2.07. The van der Waals surface area contributed by atoms with Crippen LogP contribution in [0.15, 0.2) is 42.5 Å². The second-order valence-corrected chi connectivity index (χ2v) is 6.21. The molecule has 110 valence electrons. The molecular weight excluding hydrogens is 256 g/mol. The molecule has 0 bridgehead atoms. The van der Waals surface area contributed by atoms with Gasteiger partial charge in [-0.25, -0.2) is 0 Å². The molecule has 2 aromatic carbocycles. The molecule has 0 unspecified atom stereocenters. The third kappa shape index (κ3) is 4.29. The summed E-state index contributed by atoms with van der Waals surface area (Å²) in [5.74, 6) is 0.806. The summed E-state index contributed by atoms with van der Waals surface area (Å²) in [5.41, 5.74) is 6.06. The van der Waals surface area contributed by atoms with Gasteiger partial charge in [-0.3, -0.25) is 4.79 Å². The summed E-state index contributed by atoms with van der Waals surface area (Å²) >= 11 is 0. The largest absolute Gasteiger partial charge is 0.299 e. The molecule has 0 atom stereocenters. The molecule has 0 radical (unpaired) electrons. The minimum absolute atomic E-state index is 0.274. The van der Waals surface area contributed by atoms with E-state index in [9.17, 15) is 4.79 Å². The molecule has 0 saturated heterocycles. The van der Waals surface area contributed by atoms with E-state index in [-0.39, 0.29) is 5.78 Å². The first kappa shape index (κ1) is 15.5. The van der Waals surface area contributed by atoms with Gasteiger partial charge in [0.15, 0.2) is 0 Å². The lowest BCUT2D eigenvalue weighted by Crippen LogP contribution is -2.07. The second kappa shape index (κ2) is 6.71. The Balaban J connectivity index is 1.99. The molecule has 21 heavy (non-hydrogen) atoms. The molecule has 0 spiro atoms. The van der Waals surface area contributed by atoms with Crippen LogP contribution in [0, 0.1) is 13.8 Å². The van der Waals surface area contributed by atoms with Gasteiger partial charge >= 0.3 is 0 Å². The van der Waals surface area contributed by atoms with Crippen LogP contribution in [0.1, 0.15) is 47.6 Å². The van der Waals surface area contributed by atoms with Crippen LogP contribution in [-0.4, -0.2) is 5.78 Å². The van der Waals surface area contributed by atoms with Crippen molar-refractivity contribution in [2.24, 2.45) is 0 Å². The smallest absolute Gasteiger partial charge is 0.141 e. The van der Waals surface area contributed by atoms with Gasteiger partial charge in [-0.15, -0.1) is 0 Å². The second-order valence-electron chi connectivity index (χ2n) is 6.21. The lowest BCUT2D eigenvalue weighted by atomic mass is 9.97. The normalized spacial score (nSPS) is 10.9. The van der Waals surface area contributed by atoms with E-state index in [0.717, 1.165) is 11.1 Å². The van der Waals surface area contributed by atoms with E-state index in [1.807, 2.05) is 0 Å². The number of ketones is 1. The average Bonchev–Trinajstić information content (AvgIpc) is 2.43. The fourth-order valence-corrected chi connectivity index (χ4v) is 2.45. The molecule has 0 amide bonds. The van der Waals surface area contributed by atoms with Crippen molar-refractivity contribution in [3.63, 3.8) is 0 Å². The van der Waals surface area contributed by atoms with Gasteiger partial charge < -0.3 is 0 Å². The van der Waals surface area contributed by atoms with E-state index in [1.165, 1.54) is 16.7 Å². The molecule has 0 heterocycles. The van der Waals surface area contributed by atoms with E-state index in [1.54, 1.807) is 0 Å². The van der Waals surface area contributed by atoms with Crippen molar-refractivity contribution in [2.45, 2.75) is 46.5 Å². The van der Waals surface area contributed by atoms with Crippen LogP contribution in [-0.2, 0) is 17.6 Å². The third-order valence-electron chi connectivity index (χ3n) is 4.02. The Morgan fingerprint density at radius 3 is 2.00 bits per heavy atom. The number of aryl methyl sites for hydroxylation is 2. The Morgan fingerprint density at radius 2 is 1.43 bits per heavy atom. The number of carbonyl (C=O) groups excluding carboxylic acids is 1. The van der Waals surface area contributed by atoms with Crippen molar-refractivity contribution in [3.8, 4) is 0 Å². The van der Waals surface area contributed by atoms with E-state index in [2.05, 4.69) is 70.2 Å². The molecule has 1 heteroatoms. The zero-order valence-corrected chi connectivity index (χ0v) is 13.4. The number of hydrogen-bond acceptors (Lipinski definition) is 1. The topological polar surface area (TPSA) is 17.1 Å². The fraction of sp³-hybridized carbons (Fsp3) is 0.350. The first-order chi connectivity index (χ1) is 9.95. The maximum atomic E-state index is 12.2. The van der Waals surface area contributed by atoms with Crippen molar-refractivity contribution in [2.75, 3.05) is 0 Å².